The molecule has 0 saturated carbocycles. The van der Waals surface area contributed by atoms with Crippen molar-refractivity contribution >= 4 is 16.0 Å². The van der Waals surface area contributed by atoms with Crippen molar-refractivity contribution in [2.24, 2.45) is 0 Å². The van der Waals surface area contributed by atoms with Gasteiger partial charge in [0.05, 0.1) is 6.61 Å². The molecule has 14 heavy (non-hydrogen) atoms. The minimum Gasteiger partial charge on any atom is -0.300 e. The zero-order chi connectivity index (χ0) is 10.7. The standard InChI is InChI=1S/C5H12O7P2/c1-2-9-14(12-13(6,7)8)10-4-3-5-11-14/h2-5H2,1H3,(H-,6,7,8)/p+1. The van der Waals surface area contributed by atoms with E-state index < -0.39 is 16.0 Å². The van der Waals surface area contributed by atoms with Crippen LogP contribution < -0.4 is 0 Å². The molecule has 0 aromatic rings. The molecule has 1 aliphatic heterocycles. The van der Waals surface area contributed by atoms with Gasteiger partial charge >= 0.3 is 16.0 Å². The molecule has 0 atom stereocenters. The molecule has 0 aromatic carbocycles. The average molecular weight is 247 g/mol. The summed E-state index contributed by atoms with van der Waals surface area (Å²) >= 11 is 0. The van der Waals surface area contributed by atoms with E-state index in [2.05, 4.69) is 4.31 Å². The smallest absolute Gasteiger partial charge is 0.300 e. The van der Waals surface area contributed by atoms with Gasteiger partial charge in [0.1, 0.15) is 13.2 Å². The molecule has 0 amide bonds. The Hall–Kier alpha value is 0.420. The lowest BCUT2D eigenvalue weighted by molar-refractivity contribution is 0.0471. The SMILES string of the molecule is CCO[P+]1(OP(=O)(O)O)OCCCO1. The van der Waals surface area contributed by atoms with Crippen LogP contribution in [0.5, 0.6) is 0 Å². The molecule has 0 aromatic heterocycles. The van der Waals surface area contributed by atoms with Crippen LogP contribution in [0.1, 0.15) is 13.3 Å². The average Bonchev–Trinajstić information content (AvgIpc) is 2.02. The molecule has 84 valence electrons. The zero-order valence-corrected chi connectivity index (χ0v) is 9.45. The van der Waals surface area contributed by atoms with Gasteiger partial charge in [0.25, 0.3) is 0 Å². The van der Waals surface area contributed by atoms with Gasteiger partial charge < -0.3 is 9.79 Å². The quantitative estimate of drug-likeness (QED) is 0.721. The Kier molecular flexibility index (Phi) is 4.43. The largest absolute Gasteiger partial charge is 0.585 e. The topological polar surface area (TPSA) is 94.5 Å². The van der Waals surface area contributed by atoms with E-state index in [1.54, 1.807) is 6.92 Å². The lowest BCUT2D eigenvalue weighted by Crippen LogP contribution is -2.17. The highest BCUT2D eigenvalue weighted by Crippen LogP contribution is 2.71. The zero-order valence-electron chi connectivity index (χ0n) is 7.66. The third-order valence-electron chi connectivity index (χ3n) is 1.28. The highest BCUT2D eigenvalue weighted by molar-refractivity contribution is 7.65. The van der Waals surface area contributed by atoms with Crippen LogP contribution in [0, 0.1) is 0 Å². The molecule has 0 bridgehead atoms. The lowest BCUT2D eigenvalue weighted by atomic mass is 10.5. The summed E-state index contributed by atoms with van der Waals surface area (Å²) < 4.78 is 30.1. The summed E-state index contributed by atoms with van der Waals surface area (Å²) in [6.45, 7) is 2.49. The van der Waals surface area contributed by atoms with Gasteiger partial charge in [-0.05, 0) is 11.2 Å². The number of hydrogen-bond donors (Lipinski definition) is 2. The molecular weight excluding hydrogens is 234 g/mol. The third-order valence-corrected chi connectivity index (χ3v) is 4.50. The van der Waals surface area contributed by atoms with Crippen LogP contribution in [0.2, 0.25) is 0 Å². The Morgan fingerprint density at radius 2 is 2.00 bits per heavy atom. The highest BCUT2D eigenvalue weighted by Gasteiger charge is 2.56. The first-order chi connectivity index (χ1) is 6.47. The second-order valence-electron chi connectivity index (χ2n) is 2.46. The van der Waals surface area contributed by atoms with Crippen molar-refractivity contribution in [1.29, 1.82) is 0 Å². The van der Waals surface area contributed by atoms with Crippen molar-refractivity contribution < 1.29 is 32.2 Å². The van der Waals surface area contributed by atoms with Crippen molar-refractivity contribution in [3.05, 3.63) is 0 Å². The summed E-state index contributed by atoms with van der Waals surface area (Å²) in [5.74, 6) is 0. The molecule has 1 aliphatic rings. The molecule has 7 nitrogen and oxygen atoms in total. The van der Waals surface area contributed by atoms with E-state index in [1.165, 1.54) is 0 Å². The first-order valence-corrected chi connectivity index (χ1v) is 7.06. The molecule has 2 N–H and O–H groups in total. The van der Waals surface area contributed by atoms with E-state index in [0.29, 0.717) is 19.6 Å². The van der Waals surface area contributed by atoms with Crippen LogP contribution in [0.3, 0.4) is 0 Å². The van der Waals surface area contributed by atoms with Crippen molar-refractivity contribution in [3.63, 3.8) is 0 Å². The fourth-order valence-corrected chi connectivity index (χ4v) is 3.74. The van der Waals surface area contributed by atoms with Crippen molar-refractivity contribution in [1.82, 2.24) is 0 Å². The van der Waals surface area contributed by atoms with E-state index >= 15 is 0 Å². The molecule has 0 radical (unpaired) electrons. The molecule has 0 spiro atoms. The summed E-state index contributed by atoms with van der Waals surface area (Å²) in [7, 11) is -7.93. The summed E-state index contributed by atoms with van der Waals surface area (Å²) in [4.78, 5) is 17.3. The summed E-state index contributed by atoms with van der Waals surface area (Å²) in [6.07, 6.45) is 0.652. The maximum atomic E-state index is 10.6. The Balaban J connectivity index is 2.65. The Bertz CT molecular complexity index is 215. The first kappa shape index (κ1) is 12.5. The monoisotopic (exact) mass is 247 g/mol. The Labute approximate surface area is 82.2 Å². The molecule has 0 unspecified atom stereocenters. The van der Waals surface area contributed by atoms with Crippen LogP contribution in [0.15, 0.2) is 0 Å². The molecule has 1 heterocycles. The van der Waals surface area contributed by atoms with Crippen LogP contribution in [0.25, 0.3) is 0 Å². The minimum atomic E-state index is -4.65. The fourth-order valence-electron chi connectivity index (χ4n) is 0.883. The number of rotatable bonds is 4. The van der Waals surface area contributed by atoms with Crippen molar-refractivity contribution in [2.75, 3.05) is 19.8 Å². The molecule has 9 heteroatoms. The summed E-state index contributed by atoms with van der Waals surface area (Å²) in [6, 6.07) is 0. The fraction of sp³-hybridized carbons (Fsp3) is 1.00. The van der Waals surface area contributed by atoms with Gasteiger partial charge in [-0.15, -0.1) is 0 Å². The Morgan fingerprint density at radius 1 is 1.43 bits per heavy atom. The molecule has 1 saturated heterocycles. The van der Waals surface area contributed by atoms with Crippen LogP contribution in [-0.4, -0.2) is 29.6 Å². The highest BCUT2D eigenvalue weighted by atomic mass is 31.3. The van der Waals surface area contributed by atoms with E-state index in [9.17, 15) is 4.57 Å². The van der Waals surface area contributed by atoms with E-state index in [4.69, 9.17) is 23.4 Å². The van der Waals surface area contributed by atoms with Gasteiger partial charge in [-0.3, -0.25) is 0 Å². The van der Waals surface area contributed by atoms with Gasteiger partial charge in [0, 0.05) is 6.42 Å². The van der Waals surface area contributed by atoms with E-state index in [-0.39, 0.29) is 6.61 Å². The van der Waals surface area contributed by atoms with Crippen LogP contribution in [-0.2, 0) is 22.4 Å². The Morgan fingerprint density at radius 3 is 2.43 bits per heavy atom. The second kappa shape index (κ2) is 4.96. The van der Waals surface area contributed by atoms with Crippen LogP contribution >= 0.6 is 16.0 Å². The number of hydrogen-bond acceptors (Lipinski definition) is 5. The van der Waals surface area contributed by atoms with E-state index in [0.717, 1.165) is 0 Å². The summed E-state index contributed by atoms with van der Waals surface area (Å²) in [5, 5.41) is 0. The lowest BCUT2D eigenvalue weighted by Gasteiger charge is -2.22. The third kappa shape index (κ3) is 3.88. The number of phosphoric acid groups is 1. The van der Waals surface area contributed by atoms with Gasteiger partial charge in [0.2, 0.25) is 0 Å². The predicted octanol–water partition coefficient (Wildman–Crippen LogP) is 1.25. The van der Waals surface area contributed by atoms with Gasteiger partial charge in [-0.2, -0.15) is 13.6 Å². The van der Waals surface area contributed by atoms with Gasteiger partial charge in [0.15, 0.2) is 0 Å². The summed E-state index contributed by atoms with van der Waals surface area (Å²) in [5.41, 5.74) is 0. The maximum Gasteiger partial charge on any atom is 0.585 e. The van der Waals surface area contributed by atoms with Crippen LogP contribution in [0.4, 0.5) is 0 Å². The second-order valence-corrected chi connectivity index (χ2v) is 5.76. The molecular formula is C5H13O7P2+. The first-order valence-electron chi connectivity index (χ1n) is 4.07. The molecule has 1 fully saturated rings. The molecule has 1 rings (SSSR count). The van der Waals surface area contributed by atoms with Gasteiger partial charge in [-0.1, -0.05) is 0 Å². The maximum absolute atomic E-state index is 10.6. The normalized spacial score (nSPS) is 22.2. The molecule has 0 aliphatic carbocycles. The minimum absolute atomic E-state index is 0.202. The van der Waals surface area contributed by atoms with E-state index in [1.807, 2.05) is 0 Å². The van der Waals surface area contributed by atoms with Gasteiger partial charge in [-0.25, -0.2) is 4.57 Å². The van der Waals surface area contributed by atoms with Crippen molar-refractivity contribution in [2.45, 2.75) is 13.3 Å². The van der Waals surface area contributed by atoms with Crippen molar-refractivity contribution in [3.8, 4) is 0 Å². The predicted molar refractivity (Wildman–Crippen MR) is 48.2 cm³/mol.